The Bertz CT molecular complexity index is 1500. The fourth-order valence-electron chi connectivity index (χ4n) is 5.94. The second-order valence-electron chi connectivity index (χ2n) is 10.2. The molecule has 1 aromatic heterocycles. The molecule has 0 aliphatic carbocycles. The van der Waals surface area contributed by atoms with E-state index in [1.54, 1.807) is 32.8 Å². The number of carboxylic acid groups (broad SMARTS) is 1. The monoisotopic (exact) mass is 535 g/mol. The molecule has 0 radical (unpaired) electrons. The number of likely N-dealkylation sites (tertiary alicyclic amines) is 1. The molecular formula is C31H29N5O4. The molecule has 3 aromatic carbocycles. The Hall–Kier alpha value is -4.92. The minimum absolute atomic E-state index is 0.141. The first kappa shape index (κ1) is 25.4. The van der Waals surface area contributed by atoms with Crippen molar-refractivity contribution >= 4 is 29.3 Å². The third-order valence-corrected chi connectivity index (χ3v) is 7.78. The highest BCUT2D eigenvalue weighted by Gasteiger charge is 2.53. The molecule has 9 heteroatoms. The number of carbonyl (C=O) groups is 3. The van der Waals surface area contributed by atoms with E-state index < -0.39 is 24.1 Å². The summed E-state index contributed by atoms with van der Waals surface area (Å²) in [4.78, 5) is 45.2. The van der Waals surface area contributed by atoms with Crippen molar-refractivity contribution in [2.75, 3.05) is 11.4 Å². The molecule has 3 heterocycles. The molecule has 2 aliphatic heterocycles. The van der Waals surface area contributed by atoms with Gasteiger partial charge in [-0.2, -0.15) is 5.10 Å². The third-order valence-electron chi connectivity index (χ3n) is 7.78. The molecule has 40 heavy (non-hydrogen) atoms. The summed E-state index contributed by atoms with van der Waals surface area (Å²) < 4.78 is 1.72. The highest BCUT2D eigenvalue weighted by atomic mass is 16.4. The lowest BCUT2D eigenvalue weighted by Gasteiger charge is -2.46. The Balaban J connectivity index is 1.29. The van der Waals surface area contributed by atoms with Gasteiger partial charge in [0.15, 0.2) is 6.04 Å². The van der Waals surface area contributed by atoms with Gasteiger partial charge >= 0.3 is 12.0 Å². The molecule has 2 saturated heterocycles. The van der Waals surface area contributed by atoms with Crippen LogP contribution in [-0.2, 0) is 11.8 Å². The number of nitrogens with zero attached hydrogens (tertiary/aromatic N) is 5. The number of hydrogen-bond donors (Lipinski definition) is 1. The maximum absolute atomic E-state index is 14.1. The second kappa shape index (κ2) is 10.3. The number of carbonyl (C=O) groups excluding carboxylic acids is 2. The van der Waals surface area contributed by atoms with E-state index >= 15 is 0 Å². The van der Waals surface area contributed by atoms with E-state index in [0.717, 1.165) is 11.1 Å². The minimum Gasteiger partial charge on any atom is -0.480 e. The Kier molecular flexibility index (Phi) is 6.55. The van der Waals surface area contributed by atoms with Crippen LogP contribution in [0.25, 0.3) is 11.1 Å². The van der Waals surface area contributed by atoms with E-state index in [1.165, 1.54) is 4.90 Å². The second-order valence-corrected chi connectivity index (χ2v) is 10.2. The van der Waals surface area contributed by atoms with Gasteiger partial charge in [-0.3, -0.25) is 14.4 Å². The van der Waals surface area contributed by atoms with E-state index in [9.17, 15) is 19.5 Å². The largest absolute Gasteiger partial charge is 0.480 e. The van der Waals surface area contributed by atoms with Gasteiger partial charge in [-0.25, -0.2) is 9.59 Å². The summed E-state index contributed by atoms with van der Waals surface area (Å²) in [6, 6.07) is 23.2. The highest BCUT2D eigenvalue weighted by Crippen LogP contribution is 2.38. The smallest absolute Gasteiger partial charge is 0.329 e. The molecule has 2 bridgehead atoms. The lowest BCUT2D eigenvalue weighted by atomic mass is 10.0. The van der Waals surface area contributed by atoms with Crippen LogP contribution in [-0.4, -0.2) is 67.3 Å². The van der Waals surface area contributed by atoms with Gasteiger partial charge in [0.2, 0.25) is 0 Å². The zero-order chi connectivity index (χ0) is 27.8. The summed E-state index contributed by atoms with van der Waals surface area (Å²) >= 11 is 0. The number of benzene rings is 3. The molecule has 3 atom stereocenters. The maximum atomic E-state index is 14.1. The molecule has 9 nitrogen and oxygen atoms in total. The van der Waals surface area contributed by atoms with Crippen molar-refractivity contribution in [2.24, 2.45) is 7.05 Å². The van der Waals surface area contributed by atoms with Gasteiger partial charge in [0.25, 0.3) is 5.91 Å². The average Bonchev–Trinajstić information content (AvgIpc) is 3.54. The molecule has 0 spiro atoms. The van der Waals surface area contributed by atoms with Crippen molar-refractivity contribution < 1.29 is 19.5 Å². The van der Waals surface area contributed by atoms with Gasteiger partial charge in [-0.1, -0.05) is 48.5 Å². The minimum atomic E-state index is -1.17. The summed E-state index contributed by atoms with van der Waals surface area (Å²) in [7, 11) is 1.85. The fraction of sp³-hybridized carbons (Fsp3) is 0.226. The van der Waals surface area contributed by atoms with Gasteiger partial charge in [0, 0.05) is 30.9 Å². The van der Waals surface area contributed by atoms with Crippen LogP contribution in [0.5, 0.6) is 0 Å². The number of aliphatic carboxylic acids is 1. The number of urea groups is 1. The van der Waals surface area contributed by atoms with E-state index in [-0.39, 0.29) is 18.5 Å². The number of aryl methyl sites for hydroxylation is 1. The summed E-state index contributed by atoms with van der Waals surface area (Å²) in [6.45, 7) is 0.141. The number of rotatable bonds is 5. The summed E-state index contributed by atoms with van der Waals surface area (Å²) in [5.41, 5.74) is 3.66. The first-order chi connectivity index (χ1) is 19.4. The van der Waals surface area contributed by atoms with Gasteiger partial charge in [-0.15, -0.1) is 0 Å². The molecule has 6 rings (SSSR count). The zero-order valence-electron chi connectivity index (χ0n) is 22.0. The average molecular weight is 536 g/mol. The van der Waals surface area contributed by atoms with Gasteiger partial charge in [-0.05, 0) is 54.8 Å². The van der Waals surface area contributed by atoms with Gasteiger partial charge < -0.3 is 14.9 Å². The van der Waals surface area contributed by atoms with E-state index in [4.69, 9.17) is 0 Å². The molecule has 2 fully saturated rings. The SMILES string of the molecule is Cn1cc(-c2ccc(C(=O)N3[C@H]4CC[C@@H]3[C@@H](C(=O)O)N(C(=O)N(c3ccccc3)c3ccccc3)C4)cc2)cn1. The molecule has 0 saturated carbocycles. The highest BCUT2D eigenvalue weighted by molar-refractivity contribution is 6.02. The van der Waals surface area contributed by atoms with Gasteiger partial charge in [0.05, 0.1) is 29.7 Å². The molecule has 2 aliphatic rings. The quantitative estimate of drug-likeness (QED) is 0.396. The molecular weight excluding hydrogens is 506 g/mol. The Morgan fingerprint density at radius 1 is 0.850 bits per heavy atom. The molecule has 4 aromatic rings. The third kappa shape index (κ3) is 4.49. The van der Waals surface area contributed by atoms with Crippen LogP contribution in [0.1, 0.15) is 23.2 Å². The van der Waals surface area contributed by atoms with Crippen molar-refractivity contribution in [3.8, 4) is 11.1 Å². The fourth-order valence-corrected chi connectivity index (χ4v) is 5.94. The lowest BCUT2D eigenvalue weighted by Crippen LogP contribution is -2.66. The Labute approximate surface area is 231 Å². The van der Waals surface area contributed by atoms with Crippen LogP contribution in [0, 0.1) is 0 Å². The normalized spacial score (nSPS) is 19.9. The topological polar surface area (TPSA) is 99.0 Å². The van der Waals surface area contributed by atoms with Crippen LogP contribution >= 0.6 is 0 Å². The number of carboxylic acids is 1. The van der Waals surface area contributed by atoms with Gasteiger partial charge in [0.1, 0.15) is 0 Å². The maximum Gasteiger partial charge on any atom is 0.329 e. The predicted molar refractivity (Wildman–Crippen MR) is 150 cm³/mol. The number of hydrogen-bond acceptors (Lipinski definition) is 4. The Morgan fingerprint density at radius 3 is 2.02 bits per heavy atom. The first-order valence-electron chi connectivity index (χ1n) is 13.3. The predicted octanol–water partition coefficient (Wildman–Crippen LogP) is 4.79. The molecule has 1 N–H and O–H groups in total. The van der Waals surface area contributed by atoms with Crippen LogP contribution in [0.2, 0.25) is 0 Å². The lowest BCUT2D eigenvalue weighted by molar-refractivity contribution is -0.145. The Morgan fingerprint density at radius 2 is 1.48 bits per heavy atom. The van der Waals surface area contributed by atoms with Crippen LogP contribution in [0.3, 0.4) is 0 Å². The van der Waals surface area contributed by atoms with Crippen molar-refractivity contribution in [3.63, 3.8) is 0 Å². The van der Waals surface area contributed by atoms with E-state index in [0.29, 0.717) is 29.8 Å². The van der Waals surface area contributed by atoms with Crippen molar-refractivity contribution in [2.45, 2.75) is 31.0 Å². The van der Waals surface area contributed by atoms with Crippen molar-refractivity contribution in [1.29, 1.82) is 0 Å². The van der Waals surface area contributed by atoms with Crippen LogP contribution in [0.4, 0.5) is 16.2 Å². The summed E-state index contributed by atoms with van der Waals surface area (Å²) in [6.07, 6.45) is 4.81. The van der Waals surface area contributed by atoms with Crippen molar-refractivity contribution in [1.82, 2.24) is 19.6 Å². The van der Waals surface area contributed by atoms with E-state index in [2.05, 4.69) is 5.10 Å². The van der Waals surface area contributed by atoms with Crippen LogP contribution < -0.4 is 4.90 Å². The number of amides is 3. The van der Waals surface area contributed by atoms with Crippen molar-refractivity contribution in [3.05, 3.63) is 103 Å². The first-order valence-corrected chi connectivity index (χ1v) is 13.3. The zero-order valence-corrected chi connectivity index (χ0v) is 22.0. The number of piperazine rings is 1. The number of para-hydroxylation sites is 2. The number of anilines is 2. The number of aromatic nitrogens is 2. The molecule has 0 unspecified atom stereocenters. The van der Waals surface area contributed by atoms with Crippen LogP contribution in [0.15, 0.2) is 97.3 Å². The summed E-state index contributed by atoms with van der Waals surface area (Å²) in [5.74, 6) is -1.34. The summed E-state index contributed by atoms with van der Waals surface area (Å²) in [5, 5.41) is 14.6. The molecule has 3 amide bonds. The number of fused-ring (bicyclic) bond motifs is 2. The molecule has 202 valence electrons. The standard InChI is InChI=1S/C31H29N5O4/c1-33-19-23(18-32-33)21-12-14-22(15-13-21)29(37)36-26-16-17-27(36)28(30(38)39)34(20-26)31(40)35(24-8-4-2-5-9-24)25-10-6-3-7-11-25/h2-15,18-19,26-28H,16-17,20H2,1H3,(H,38,39)/t26-,27+,28-/m0/s1. The van der Waals surface area contributed by atoms with E-state index in [1.807, 2.05) is 86.0 Å².